The lowest BCUT2D eigenvalue weighted by Crippen LogP contribution is -2.35. The van der Waals surface area contributed by atoms with Gasteiger partial charge in [-0.05, 0) is 63.0 Å². The molecule has 2 aliphatic rings. The van der Waals surface area contributed by atoms with Gasteiger partial charge in [-0.25, -0.2) is 4.98 Å². The molecule has 0 aromatic carbocycles. The zero-order valence-electron chi connectivity index (χ0n) is 17.6. The molecule has 1 saturated carbocycles. The second-order valence-corrected chi connectivity index (χ2v) is 8.25. The van der Waals surface area contributed by atoms with Crippen LogP contribution in [-0.2, 0) is 26.9 Å². The molecule has 0 saturated heterocycles. The van der Waals surface area contributed by atoms with Crippen LogP contribution in [0.3, 0.4) is 0 Å². The van der Waals surface area contributed by atoms with E-state index in [0.717, 1.165) is 25.3 Å². The number of hydrogen-bond acceptors (Lipinski definition) is 4. The van der Waals surface area contributed by atoms with E-state index in [1.165, 1.54) is 12.1 Å². The molecule has 0 spiro atoms. The molecule has 168 valence electrons. The molecule has 0 amide bonds. The summed E-state index contributed by atoms with van der Waals surface area (Å²) < 4.78 is 44.1. The van der Waals surface area contributed by atoms with Crippen molar-refractivity contribution in [2.45, 2.75) is 51.6 Å². The highest BCUT2D eigenvalue weighted by molar-refractivity contribution is 6.00. The summed E-state index contributed by atoms with van der Waals surface area (Å²) in [5.41, 5.74) is -0.968. The zero-order valence-corrected chi connectivity index (χ0v) is 17.6. The Balaban J connectivity index is 1.69. The highest BCUT2D eigenvalue weighted by atomic mass is 19.4. The number of hydrogen-bond donors (Lipinski definition) is 0. The number of carbonyl (C=O) groups is 2. The van der Waals surface area contributed by atoms with E-state index in [2.05, 4.69) is 23.2 Å². The summed E-state index contributed by atoms with van der Waals surface area (Å²) in [5.74, 6) is -1.34. The second-order valence-electron chi connectivity index (χ2n) is 8.25. The number of ether oxygens (including phenoxy) is 1. The van der Waals surface area contributed by atoms with E-state index in [-0.39, 0.29) is 30.4 Å². The molecule has 7 heteroatoms. The van der Waals surface area contributed by atoms with Crippen LogP contribution in [0.25, 0.3) is 0 Å². The molecule has 1 fully saturated rings. The Hall–Kier alpha value is -2.44. The van der Waals surface area contributed by atoms with Gasteiger partial charge in [-0.2, -0.15) is 13.2 Å². The molecule has 1 aromatic rings. The first-order valence-corrected chi connectivity index (χ1v) is 10.9. The van der Waals surface area contributed by atoms with E-state index >= 15 is 0 Å². The first-order valence-electron chi connectivity index (χ1n) is 10.9. The monoisotopic (exact) mass is 435 g/mol. The number of rotatable bonds is 7. The fourth-order valence-corrected chi connectivity index (χ4v) is 4.57. The van der Waals surface area contributed by atoms with Gasteiger partial charge in [0, 0.05) is 18.0 Å². The Morgan fingerprint density at radius 2 is 1.90 bits per heavy atom. The number of pyridine rings is 1. The third-order valence-electron chi connectivity index (χ3n) is 6.22. The quantitative estimate of drug-likeness (QED) is 0.429. The highest BCUT2D eigenvalue weighted by Gasteiger charge is 2.38. The van der Waals surface area contributed by atoms with Crippen LogP contribution in [0.5, 0.6) is 0 Å². The van der Waals surface area contributed by atoms with Gasteiger partial charge in [-0.15, -0.1) is 0 Å². The number of Topliss-reactive ketones (excluding diaryl/α,β-unsaturated/α-hetero) is 1. The molecule has 0 aliphatic heterocycles. The van der Waals surface area contributed by atoms with E-state index in [9.17, 15) is 22.8 Å². The number of alkyl halides is 3. The van der Waals surface area contributed by atoms with Crippen LogP contribution in [0.2, 0.25) is 0 Å². The predicted molar refractivity (Wildman–Crippen MR) is 110 cm³/mol. The lowest BCUT2D eigenvalue weighted by Gasteiger charge is -2.33. The number of esters is 1. The van der Waals surface area contributed by atoms with E-state index in [4.69, 9.17) is 4.74 Å². The zero-order chi connectivity index (χ0) is 22.4. The van der Waals surface area contributed by atoms with Crippen LogP contribution < -0.4 is 0 Å². The molecular formula is C24H28F3NO3. The summed E-state index contributed by atoms with van der Waals surface area (Å²) in [4.78, 5) is 29.4. The summed E-state index contributed by atoms with van der Waals surface area (Å²) in [5, 5.41) is 0. The minimum absolute atomic E-state index is 0.0639. The van der Waals surface area contributed by atoms with Crippen molar-refractivity contribution in [2.24, 2.45) is 23.7 Å². The van der Waals surface area contributed by atoms with Crippen molar-refractivity contribution < 1.29 is 27.5 Å². The number of carbonyl (C=O) groups excluding carboxylic acids is 2. The minimum atomic E-state index is -4.58. The number of ketones is 1. The lowest BCUT2D eigenvalue weighted by molar-refractivity contribution is -0.153. The summed E-state index contributed by atoms with van der Waals surface area (Å²) in [6, 6.07) is 3.53. The van der Waals surface area contributed by atoms with Gasteiger partial charge in [0.1, 0.15) is 11.6 Å². The standard InChI is InChI=1S/C24H28F3NO3/c1-2-31-23(30)20(15-19-9-6-10-21(28-19)24(25,26)27)22(29)18-13-11-17(12-14-18)16-7-4-3-5-8-16/h3-7,9-10,16-18,20H,2,8,11-15H2,1H3/t16?,17-,18-,20?. The second kappa shape index (κ2) is 10.2. The minimum Gasteiger partial charge on any atom is -0.465 e. The molecule has 3 rings (SSSR count). The first-order chi connectivity index (χ1) is 14.8. The fourth-order valence-electron chi connectivity index (χ4n) is 4.57. The van der Waals surface area contributed by atoms with Gasteiger partial charge < -0.3 is 4.74 Å². The number of halogens is 3. The van der Waals surface area contributed by atoms with Crippen molar-refractivity contribution in [3.63, 3.8) is 0 Å². The average molecular weight is 435 g/mol. The summed E-state index contributed by atoms with van der Waals surface area (Å²) >= 11 is 0. The maximum atomic E-state index is 13.2. The largest absolute Gasteiger partial charge is 0.465 e. The van der Waals surface area contributed by atoms with Crippen LogP contribution in [0.15, 0.2) is 42.5 Å². The SMILES string of the molecule is CCOC(=O)C(Cc1cccc(C(F)(F)F)n1)C(=O)[C@H]1CC[C@H](C2C=CC=CC2)CC1. The summed E-state index contributed by atoms with van der Waals surface area (Å²) in [7, 11) is 0. The smallest absolute Gasteiger partial charge is 0.433 e. The van der Waals surface area contributed by atoms with E-state index in [1.54, 1.807) is 6.92 Å². The van der Waals surface area contributed by atoms with Crippen molar-refractivity contribution in [3.8, 4) is 0 Å². The predicted octanol–water partition coefficient (Wildman–Crippen LogP) is 5.33. The van der Waals surface area contributed by atoms with Crippen LogP contribution in [0, 0.1) is 23.7 Å². The Morgan fingerprint density at radius 3 is 2.52 bits per heavy atom. The highest BCUT2D eigenvalue weighted by Crippen LogP contribution is 2.38. The van der Waals surface area contributed by atoms with Crippen molar-refractivity contribution in [1.29, 1.82) is 0 Å². The summed E-state index contributed by atoms with van der Waals surface area (Å²) in [6.07, 6.45) is 7.88. The van der Waals surface area contributed by atoms with Gasteiger partial charge in [0.15, 0.2) is 5.78 Å². The van der Waals surface area contributed by atoms with Crippen molar-refractivity contribution in [2.75, 3.05) is 6.61 Å². The van der Waals surface area contributed by atoms with Gasteiger partial charge in [0.25, 0.3) is 0 Å². The van der Waals surface area contributed by atoms with Crippen LogP contribution >= 0.6 is 0 Å². The molecule has 1 aromatic heterocycles. The van der Waals surface area contributed by atoms with Crippen molar-refractivity contribution in [3.05, 3.63) is 53.9 Å². The molecule has 4 nitrogen and oxygen atoms in total. The van der Waals surface area contributed by atoms with Crippen LogP contribution in [-0.4, -0.2) is 23.3 Å². The van der Waals surface area contributed by atoms with E-state index < -0.39 is 23.8 Å². The molecular weight excluding hydrogens is 407 g/mol. The first kappa shape index (κ1) is 23.2. The number of allylic oxidation sites excluding steroid dienone is 4. The molecule has 0 radical (unpaired) electrons. The van der Waals surface area contributed by atoms with Crippen LogP contribution in [0.1, 0.15) is 50.4 Å². The van der Waals surface area contributed by atoms with Gasteiger partial charge in [0.2, 0.25) is 0 Å². The molecule has 0 bridgehead atoms. The normalized spacial score (nSPS) is 24.6. The van der Waals surface area contributed by atoms with Gasteiger partial charge in [-0.3, -0.25) is 9.59 Å². The van der Waals surface area contributed by atoms with E-state index in [0.29, 0.717) is 24.7 Å². The maximum absolute atomic E-state index is 13.2. The Labute approximate surface area is 180 Å². The Morgan fingerprint density at radius 1 is 1.16 bits per heavy atom. The topological polar surface area (TPSA) is 56.3 Å². The van der Waals surface area contributed by atoms with Gasteiger partial charge in [-0.1, -0.05) is 30.4 Å². The van der Waals surface area contributed by atoms with E-state index in [1.807, 2.05) is 6.08 Å². The molecule has 31 heavy (non-hydrogen) atoms. The third kappa shape index (κ3) is 6.05. The molecule has 2 aliphatic carbocycles. The van der Waals surface area contributed by atoms with Crippen molar-refractivity contribution in [1.82, 2.24) is 4.98 Å². The molecule has 2 atom stereocenters. The number of nitrogens with zero attached hydrogens (tertiary/aromatic N) is 1. The Kier molecular flexibility index (Phi) is 7.68. The molecule has 1 heterocycles. The lowest BCUT2D eigenvalue weighted by atomic mass is 9.71. The van der Waals surface area contributed by atoms with Gasteiger partial charge >= 0.3 is 12.1 Å². The maximum Gasteiger partial charge on any atom is 0.433 e. The van der Waals surface area contributed by atoms with Crippen molar-refractivity contribution >= 4 is 11.8 Å². The number of aromatic nitrogens is 1. The van der Waals surface area contributed by atoms with Crippen LogP contribution in [0.4, 0.5) is 13.2 Å². The summed E-state index contributed by atoms with van der Waals surface area (Å²) in [6.45, 7) is 1.74. The third-order valence-corrected chi connectivity index (χ3v) is 6.22. The molecule has 0 N–H and O–H groups in total. The van der Waals surface area contributed by atoms with Gasteiger partial charge in [0.05, 0.1) is 6.61 Å². The average Bonchev–Trinajstić information content (AvgIpc) is 2.77. The molecule has 2 unspecified atom stereocenters. The Bertz CT molecular complexity index is 839. The fraction of sp³-hybridized carbons (Fsp3) is 0.542.